The lowest BCUT2D eigenvalue weighted by Gasteiger charge is -2.15. The van der Waals surface area contributed by atoms with Crippen molar-refractivity contribution in [3.63, 3.8) is 0 Å². The van der Waals surface area contributed by atoms with E-state index >= 15 is 0 Å². The van der Waals surface area contributed by atoms with Gasteiger partial charge in [0, 0.05) is 11.8 Å². The number of hydrogen-bond donors (Lipinski definition) is 1. The number of rotatable bonds is 6. The molecule has 1 N–H and O–H groups in total. The van der Waals surface area contributed by atoms with Crippen LogP contribution in [-0.2, 0) is 11.4 Å². The third-order valence-corrected chi connectivity index (χ3v) is 5.75. The Morgan fingerprint density at radius 1 is 1.13 bits per heavy atom. The number of anilines is 1. The molecule has 8 heteroatoms. The molecule has 0 unspecified atom stereocenters. The SMILES string of the molecule is O=C(O)c1cccc(N2C(=O)/C(=C\c3ccccc3OCc3ccccn3)SC2=S)c1. The number of nitrogens with zero attached hydrogens (tertiary/aromatic N) is 2. The molecule has 0 atom stereocenters. The molecule has 1 aliphatic heterocycles. The zero-order valence-electron chi connectivity index (χ0n) is 16.1. The van der Waals surface area contributed by atoms with Crippen LogP contribution in [0.2, 0.25) is 0 Å². The molecule has 6 nitrogen and oxygen atoms in total. The van der Waals surface area contributed by atoms with Crippen LogP contribution in [0.3, 0.4) is 0 Å². The molecule has 1 saturated heterocycles. The molecule has 0 radical (unpaired) electrons. The van der Waals surface area contributed by atoms with E-state index in [9.17, 15) is 14.7 Å². The molecule has 0 saturated carbocycles. The first kappa shape index (κ1) is 20.8. The number of carbonyl (C=O) groups is 2. The summed E-state index contributed by atoms with van der Waals surface area (Å²) in [6, 6.07) is 19.1. The normalized spacial score (nSPS) is 14.8. The largest absolute Gasteiger partial charge is 0.487 e. The molecule has 0 spiro atoms. The van der Waals surface area contributed by atoms with Crippen LogP contribution in [0.15, 0.2) is 77.8 Å². The van der Waals surface area contributed by atoms with Crippen LogP contribution in [-0.4, -0.2) is 26.3 Å². The van der Waals surface area contributed by atoms with Crippen molar-refractivity contribution in [3.05, 3.63) is 94.7 Å². The van der Waals surface area contributed by atoms with Gasteiger partial charge >= 0.3 is 5.97 Å². The number of hydrogen-bond acceptors (Lipinski definition) is 6. The molecule has 2 heterocycles. The van der Waals surface area contributed by atoms with Gasteiger partial charge in [0.1, 0.15) is 12.4 Å². The van der Waals surface area contributed by atoms with Gasteiger partial charge in [0.2, 0.25) is 0 Å². The first-order chi connectivity index (χ1) is 15.0. The summed E-state index contributed by atoms with van der Waals surface area (Å²) in [5.74, 6) is -0.759. The van der Waals surface area contributed by atoms with E-state index in [2.05, 4.69) is 4.98 Å². The third kappa shape index (κ3) is 4.65. The number of carbonyl (C=O) groups excluding carboxylic acids is 1. The number of thiocarbonyl (C=S) groups is 1. The fourth-order valence-corrected chi connectivity index (χ4v) is 4.27. The van der Waals surface area contributed by atoms with E-state index in [1.165, 1.54) is 17.0 Å². The van der Waals surface area contributed by atoms with Crippen molar-refractivity contribution >= 4 is 51.9 Å². The molecule has 31 heavy (non-hydrogen) atoms. The minimum atomic E-state index is -1.07. The number of benzene rings is 2. The molecule has 1 fully saturated rings. The van der Waals surface area contributed by atoms with E-state index in [1.807, 2.05) is 42.5 Å². The predicted molar refractivity (Wildman–Crippen MR) is 124 cm³/mol. The Bertz CT molecular complexity index is 1190. The van der Waals surface area contributed by atoms with Crippen molar-refractivity contribution in [2.24, 2.45) is 0 Å². The van der Waals surface area contributed by atoms with Crippen molar-refractivity contribution < 1.29 is 19.4 Å². The second-order valence-corrected chi connectivity index (χ2v) is 8.20. The standard InChI is InChI=1S/C23H16N2O4S2/c26-21-20(31-23(30)25(21)18-9-5-7-16(12-18)22(27)28)13-15-6-1-2-10-19(15)29-14-17-8-3-4-11-24-17/h1-13H,14H2,(H,27,28)/b20-13+. The summed E-state index contributed by atoms with van der Waals surface area (Å²) in [6.45, 7) is 0.300. The predicted octanol–water partition coefficient (Wildman–Crippen LogP) is 4.76. The number of para-hydroxylation sites is 1. The van der Waals surface area contributed by atoms with E-state index < -0.39 is 5.97 Å². The lowest BCUT2D eigenvalue weighted by Crippen LogP contribution is -2.27. The number of carboxylic acid groups (broad SMARTS) is 1. The first-order valence-corrected chi connectivity index (χ1v) is 10.5. The molecule has 1 aliphatic rings. The highest BCUT2D eigenvalue weighted by atomic mass is 32.2. The molecule has 0 aliphatic carbocycles. The van der Waals surface area contributed by atoms with Gasteiger partial charge < -0.3 is 9.84 Å². The molecule has 1 aromatic heterocycles. The van der Waals surface area contributed by atoms with Gasteiger partial charge in [-0.05, 0) is 42.5 Å². The fourth-order valence-electron chi connectivity index (χ4n) is 2.98. The van der Waals surface area contributed by atoms with Gasteiger partial charge in [-0.2, -0.15) is 0 Å². The molecule has 2 aromatic carbocycles. The minimum Gasteiger partial charge on any atom is -0.487 e. The van der Waals surface area contributed by atoms with Crippen LogP contribution in [0, 0.1) is 0 Å². The zero-order valence-corrected chi connectivity index (χ0v) is 17.7. The maximum absolute atomic E-state index is 13.0. The fraction of sp³-hybridized carbons (Fsp3) is 0.0435. The van der Waals surface area contributed by atoms with Crippen LogP contribution >= 0.6 is 24.0 Å². The van der Waals surface area contributed by atoms with E-state index in [1.54, 1.807) is 24.4 Å². The monoisotopic (exact) mass is 448 g/mol. The van der Waals surface area contributed by atoms with Gasteiger partial charge in [0.15, 0.2) is 4.32 Å². The third-order valence-electron chi connectivity index (χ3n) is 4.45. The number of amides is 1. The number of aromatic carboxylic acids is 1. The van der Waals surface area contributed by atoms with Gasteiger partial charge in [-0.1, -0.05) is 54.3 Å². The molecule has 0 bridgehead atoms. The Morgan fingerprint density at radius 2 is 1.94 bits per heavy atom. The van der Waals surface area contributed by atoms with Gasteiger partial charge in [0.25, 0.3) is 5.91 Å². The Morgan fingerprint density at radius 3 is 2.71 bits per heavy atom. The zero-order chi connectivity index (χ0) is 21.8. The summed E-state index contributed by atoms with van der Waals surface area (Å²) in [7, 11) is 0. The quantitative estimate of drug-likeness (QED) is 0.430. The Labute approximate surface area is 188 Å². The van der Waals surface area contributed by atoms with Crippen LogP contribution in [0.1, 0.15) is 21.6 Å². The summed E-state index contributed by atoms with van der Waals surface area (Å²) in [5.41, 5.74) is 2.04. The number of aromatic nitrogens is 1. The van der Waals surface area contributed by atoms with E-state index in [0.717, 1.165) is 23.0 Å². The van der Waals surface area contributed by atoms with Crippen LogP contribution in [0.25, 0.3) is 6.08 Å². The average molecular weight is 449 g/mol. The maximum Gasteiger partial charge on any atom is 0.335 e. The van der Waals surface area contributed by atoms with E-state index in [-0.39, 0.29) is 11.5 Å². The lowest BCUT2D eigenvalue weighted by molar-refractivity contribution is -0.113. The van der Waals surface area contributed by atoms with E-state index in [0.29, 0.717) is 27.3 Å². The maximum atomic E-state index is 13.0. The topological polar surface area (TPSA) is 79.7 Å². The van der Waals surface area contributed by atoms with Crippen molar-refractivity contribution in [1.82, 2.24) is 4.98 Å². The summed E-state index contributed by atoms with van der Waals surface area (Å²) >= 11 is 6.55. The molecule has 1 amide bonds. The van der Waals surface area contributed by atoms with Crippen LogP contribution < -0.4 is 9.64 Å². The molecule has 154 valence electrons. The Hall–Kier alpha value is -3.49. The second-order valence-electron chi connectivity index (χ2n) is 6.52. The lowest BCUT2D eigenvalue weighted by atomic mass is 10.1. The highest BCUT2D eigenvalue weighted by Gasteiger charge is 2.33. The number of ether oxygens (including phenoxy) is 1. The Kier molecular flexibility index (Phi) is 6.11. The first-order valence-electron chi connectivity index (χ1n) is 9.26. The number of carboxylic acids is 1. The summed E-state index contributed by atoms with van der Waals surface area (Å²) in [4.78, 5) is 30.3. The molecule has 3 aromatic rings. The van der Waals surface area contributed by atoms with Crippen LogP contribution in [0.5, 0.6) is 5.75 Å². The number of pyridine rings is 1. The highest BCUT2D eigenvalue weighted by molar-refractivity contribution is 8.27. The van der Waals surface area contributed by atoms with Gasteiger partial charge in [-0.15, -0.1) is 0 Å². The van der Waals surface area contributed by atoms with Crippen LogP contribution in [0.4, 0.5) is 5.69 Å². The minimum absolute atomic E-state index is 0.0868. The average Bonchev–Trinajstić information content (AvgIpc) is 3.06. The van der Waals surface area contributed by atoms with Crippen molar-refractivity contribution in [2.75, 3.05) is 4.90 Å². The highest BCUT2D eigenvalue weighted by Crippen LogP contribution is 2.37. The summed E-state index contributed by atoms with van der Waals surface area (Å²) in [6.07, 6.45) is 3.43. The smallest absolute Gasteiger partial charge is 0.335 e. The van der Waals surface area contributed by atoms with Gasteiger partial charge in [-0.25, -0.2) is 4.79 Å². The molecule has 4 rings (SSSR count). The molecular formula is C23H16N2O4S2. The van der Waals surface area contributed by atoms with Crippen molar-refractivity contribution in [1.29, 1.82) is 0 Å². The van der Waals surface area contributed by atoms with E-state index in [4.69, 9.17) is 17.0 Å². The number of thioether (sulfide) groups is 1. The van der Waals surface area contributed by atoms with Crippen molar-refractivity contribution in [2.45, 2.75) is 6.61 Å². The Balaban J connectivity index is 1.59. The van der Waals surface area contributed by atoms with Gasteiger partial charge in [-0.3, -0.25) is 14.7 Å². The summed E-state index contributed by atoms with van der Waals surface area (Å²) < 4.78 is 6.25. The van der Waals surface area contributed by atoms with Crippen molar-refractivity contribution in [3.8, 4) is 5.75 Å². The molecular weight excluding hydrogens is 432 g/mol. The van der Waals surface area contributed by atoms with Gasteiger partial charge in [0.05, 0.1) is 21.8 Å². The summed E-state index contributed by atoms with van der Waals surface area (Å²) in [5, 5.41) is 9.22. The second kappa shape index (κ2) is 9.11.